The molecule has 3 N–H and O–H groups in total. The zero-order chi connectivity index (χ0) is 18.8. The highest BCUT2D eigenvalue weighted by atomic mass is 16.5. The summed E-state index contributed by atoms with van der Waals surface area (Å²) in [5, 5.41) is 9.61. The molecule has 2 rings (SSSR count). The minimum absolute atomic E-state index is 0.158. The lowest BCUT2D eigenvalue weighted by atomic mass is 9.98. The second-order valence-corrected chi connectivity index (χ2v) is 6.83. The van der Waals surface area contributed by atoms with Crippen molar-refractivity contribution in [2.45, 2.75) is 51.0 Å². The molecule has 1 saturated carbocycles. The molecule has 1 aliphatic rings. The number of nitrogens with zero attached hydrogens (tertiary/aromatic N) is 1. The van der Waals surface area contributed by atoms with Crippen LogP contribution in [-0.2, 0) is 4.79 Å². The largest absolute Gasteiger partial charge is 0.497 e. The summed E-state index contributed by atoms with van der Waals surface area (Å²) in [6.45, 7) is 3.80. The molecule has 1 aromatic rings. The Morgan fingerprint density at radius 3 is 2.54 bits per heavy atom. The van der Waals surface area contributed by atoms with Gasteiger partial charge in [0.1, 0.15) is 5.75 Å². The van der Waals surface area contributed by atoms with Crippen LogP contribution >= 0.6 is 0 Å². The van der Waals surface area contributed by atoms with Crippen molar-refractivity contribution in [2.24, 2.45) is 4.99 Å². The summed E-state index contributed by atoms with van der Waals surface area (Å²) in [6.07, 6.45) is 4.65. The second kappa shape index (κ2) is 10.7. The first kappa shape index (κ1) is 20.1. The quantitative estimate of drug-likeness (QED) is 0.340. The van der Waals surface area contributed by atoms with E-state index in [-0.39, 0.29) is 5.91 Å². The van der Waals surface area contributed by atoms with Crippen molar-refractivity contribution in [1.29, 1.82) is 0 Å². The van der Waals surface area contributed by atoms with E-state index in [0.717, 1.165) is 50.5 Å². The Balaban J connectivity index is 1.59. The number of ether oxygens (including phenoxy) is 1. The van der Waals surface area contributed by atoms with Gasteiger partial charge in [-0.3, -0.25) is 9.79 Å². The predicted octanol–water partition coefficient (Wildman–Crippen LogP) is 2.41. The van der Waals surface area contributed by atoms with Crippen LogP contribution in [0.1, 0.15) is 50.5 Å². The van der Waals surface area contributed by atoms with Gasteiger partial charge >= 0.3 is 0 Å². The first-order valence-corrected chi connectivity index (χ1v) is 9.50. The molecule has 1 aliphatic carbocycles. The van der Waals surface area contributed by atoms with Crippen molar-refractivity contribution in [3.63, 3.8) is 0 Å². The number of methoxy groups -OCH3 is 1. The van der Waals surface area contributed by atoms with Gasteiger partial charge in [-0.25, -0.2) is 0 Å². The van der Waals surface area contributed by atoms with Crippen molar-refractivity contribution < 1.29 is 9.53 Å². The Morgan fingerprint density at radius 2 is 1.92 bits per heavy atom. The number of nitrogens with one attached hydrogen (secondary N) is 3. The van der Waals surface area contributed by atoms with E-state index in [1.165, 1.54) is 5.56 Å². The number of hydrogen-bond acceptors (Lipinski definition) is 3. The summed E-state index contributed by atoms with van der Waals surface area (Å²) in [5.74, 6) is 2.28. The average Bonchev–Trinajstić information content (AvgIpc) is 3.47. The molecule has 1 aromatic carbocycles. The number of rotatable bonds is 10. The molecule has 6 nitrogen and oxygen atoms in total. The third kappa shape index (κ3) is 7.33. The van der Waals surface area contributed by atoms with E-state index in [1.54, 1.807) is 14.2 Å². The van der Waals surface area contributed by atoms with Crippen LogP contribution in [0.15, 0.2) is 29.3 Å². The summed E-state index contributed by atoms with van der Waals surface area (Å²) >= 11 is 0. The van der Waals surface area contributed by atoms with Gasteiger partial charge < -0.3 is 20.7 Å². The van der Waals surface area contributed by atoms with Gasteiger partial charge in [-0.2, -0.15) is 0 Å². The normalized spacial score (nSPS) is 15.3. The standard InChI is InChI=1S/C20H32N4O2/c1-15(16-6-10-18(26-3)11-7-16)12-14-23-20(21-2)22-13-4-5-19(25)24-17-8-9-17/h6-7,10-11,15,17H,4-5,8-9,12-14H2,1-3H3,(H,24,25)(H2,21,22,23). The van der Waals surface area contributed by atoms with E-state index in [1.807, 2.05) is 12.1 Å². The van der Waals surface area contributed by atoms with Crippen LogP contribution in [0, 0.1) is 0 Å². The maximum absolute atomic E-state index is 11.6. The van der Waals surface area contributed by atoms with Crippen LogP contribution in [0.5, 0.6) is 5.75 Å². The molecule has 1 atom stereocenters. The lowest BCUT2D eigenvalue weighted by Gasteiger charge is -2.15. The molecular weight excluding hydrogens is 328 g/mol. The Hall–Kier alpha value is -2.24. The first-order valence-electron chi connectivity index (χ1n) is 9.50. The molecule has 26 heavy (non-hydrogen) atoms. The van der Waals surface area contributed by atoms with Gasteiger partial charge in [0.2, 0.25) is 5.91 Å². The summed E-state index contributed by atoms with van der Waals surface area (Å²) < 4.78 is 5.20. The maximum atomic E-state index is 11.6. The fraction of sp³-hybridized carbons (Fsp3) is 0.600. The molecule has 0 spiro atoms. The maximum Gasteiger partial charge on any atom is 0.220 e. The van der Waals surface area contributed by atoms with E-state index in [2.05, 4.69) is 40.0 Å². The molecule has 6 heteroatoms. The van der Waals surface area contributed by atoms with Crippen LogP contribution in [0.4, 0.5) is 0 Å². The number of guanidine groups is 1. The van der Waals surface area contributed by atoms with Crippen molar-refractivity contribution in [1.82, 2.24) is 16.0 Å². The van der Waals surface area contributed by atoms with Gasteiger partial charge in [0.25, 0.3) is 0 Å². The summed E-state index contributed by atoms with van der Waals surface area (Å²) in [7, 11) is 3.45. The minimum Gasteiger partial charge on any atom is -0.497 e. The number of carbonyl (C=O) groups is 1. The van der Waals surface area contributed by atoms with Gasteiger partial charge in [0.05, 0.1) is 7.11 Å². The molecular formula is C20H32N4O2. The Kier molecular flexibility index (Phi) is 8.25. The molecule has 0 aromatic heterocycles. The Bertz CT molecular complexity index is 582. The van der Waals surface area contributed by atoms with E-state index >= 15 is 0 Å². The number of aliphatic imine (C=N–C) groups is 1. The fourth-order valence-corrected chi connectivity index (χ4v) is 2.71. The number of carbonyl (C=O) groups excluding carboxylic acids is 1. The summed E-state index contributed by atoms with van der Waals surface area (Å²) in [5.41, 5.74) is 1.30. The van der Waals surface area contributed by atoms with Crippen LogP contribution in [0.2, 0.25) is 0 Å². The number of hydrogen-bond donors (Lipinski definition) is 3. The SMILES string of the molecule is CN=C(NCCCC(=O)NC1CC1)NCCC(C)c1ccc(OC)cc1. The minimum atomic E-state index is 0.158. The monoisotopic (exact) mass is 360 g/mol. The average molecular weight is 361 g/mol. The lowest BCUT2D eigenvalue weighted by molar-refractivity contribution is -0.121. The Labute approximate surface area is 156 Å². The van der Waals surface area contributed by atoms with Crippen molar-refractivity contribution in [3.05, 3.63) is 29.8 Å². The number of benzene rings is 1. The van der Waals surface area contributed by atoms with Gasteiger partial charge in [0, 0.05) is 32.6 Å². The molecule has 0 heterocycles. The third-order valence-electron chi connectivity index (χ3n) is 4.59. The lowest BCUT2D eigenvalue weighted by Crippen LogP contribution is -2.38. The number of amides is 1. The highest BCUT2D eigenvalue weighted by Crippen LogP contribution is 2.21. The molecule has 144 valence electrons. The Morgan fingerprint density at radius 1 is 1.23 bits per heavy atom. The summed E-state index contributed by atoms with van der Waals surface area (Å²) in [6, 6.07) is 8.67. The molecule has 0 bridgehead atoms. The van der Waals surface area contributed by atoms with E-state index in [0.29, 0.717) is 18.4 Å². The van der Waals surface area contributed by atoms with E-state index < -0.39 is 0 Å². The van der Waals surface area contributed by atoms with Crippen molar-refractivity contribution in [2.75, 3.05) is 27.2 Å². The van der Waals surface area contributed by atoms with Crippen LogP contribution in [0.3, 0.4) is 0 Å². The predicted molar refractivity (Wildman–Crippen MR) is 106 cm³/mol. The highest BCUT2D eigenvalue weighted by molar-refractivity contribution is 5.80. The van der Waals surface area contributed by atoms with E-state index in [4.69, 9.17) is 4.74 Å². The zero-order valence-corrected chi connectivity index (χ0v) is 16.2. The van der Waals surface area contributed by atoms with Crippen molar-refractivity contribution >= 4 is 11.9 Å². The highest BCUT2D eigenvalue weighted by Gasteiger charge is 2.22. The van der Waals surface area contributed by atoms with Crippen LogP contribution < -0.4 is 20.7 Å². The first-order chi connectivity index (χ1) is 12.6. The zero-order valence-electron chi connectivity index (χ0n) is 16.2. The molecule has 0 radical (unpaired) electrons. The second-order valence-electron chi connectivity index (χ2n) is 6.83. The summed E-state index contributed by atoms with van der Waals surface area (Å²) in [4.78, 5) is 15.9. The van der Waals surface area contributed by atoms with Gasteiger partial charge in [-0.05, 0) is 49.3 Å². The third-order valence-corrected chi connectivity index (χ3v) is 4.59. The van der Waals surface area contributed by atoms with Crippen LogP contribution in [-0.4, -0.2) is 45.2 Å². The van der Waals surface area contributed by atoms with Crippen molar-refractivity contribution in [3.8, 4) is 5.75 Å². The smallest absolute Gasteiger partial charge is 0.220 e. The fourth-order valence-electron chi connectivity index (χ4n) is 2.71. The molecule has 0 aliphatic heterocycles. The topological polar surface area (TPSA) is 74.8 Å². The molecule has 1 fully saturated rings. The van der Waals surface area contributed by atoms with Gasteiger partial charge in [-0.15, -0.1) is 0 Å². The van der Waals surface area contributed by atoms with Gasteiger partial charge in [0.15, 0.2) is 5.96 Å². The molecule has 1 amide bonds. The molecule has 0 saturated heterocycles. The van der Waals surface area contributed by atoms with Gasteiger partial charge in [-0.1, -0.05) is 19.1 Å². The molecule has 1 unspecified atom stereocenters. The van der Waals surface area contributed by atoms with E-state index in [9.17, 15) is 4.79 Å². The van der Waals surface area contributed by atoms with Crippen LogP contribution in [0.25, 0.3) is 0 Å².